The molecular formula is C23H23N3OS. The Morgan fingerprint density at radius 1 is 0.929 bits per heavy atom. The molecule has 5 heteroatoms. The van der Waals surface area contributed by atoms with E-state index in [0.29, 0.717) is 12.1 Å². The summed E-state index contributed by atoms with van der Waals surface area (Å²) < 4.78 is 2.43. The van der Waals surface area contributed by atoms with Crippen molar-refractivity contribution in [2.45, 2.75) is 41.2 Å². The molecule has 2 aromatic heterocycles. The summed E-state index contributed by atoms with van der Waals surface area (Å²) in [5.41, 5.74) is 8.06. The van der Waals surface area contributed by atoms with E-state index in [1.54, 1.807) is 4.68 Å². The molecule has 0 radical (unpaired) electrons. The van der Waals surface area contributed by atoms with E-state index in [1.807, 2.05) is 6.92 Å². The zero-order valence-corrected chi connectivity index (χ0v) is 17.6. The van der Waals surface area contributed by atoms with Gasteiger partial charge in [-0.1, -0.05) is 47.5 Å². The monoisotopic (exact) mass is 389 g/mol. The highest BCUT2D eigenvalue weighted by Gasteiger charge is 2.18. The van der Waals surface area contributed by atoms with Gasteiger partial charge in [0.25, 0.3) is 5.56 Å². The molecule has 2 aromatic carbocycles. The van der Waals surface area contributed by atoms with E-state index in [2.05, 4.69) is 69.1 Å². The van der Waals surface area contributed by atoms with Crippen LogP contribution in [-0.4, -0.2) is 14.8 Å². The molecule has 0 N–H and O–H groups in total. The molecule has 0 saturated carbocycles. The number of aromatic nitrogens is 3. The molecule has 4 aromatic rings. The normalized spacial score (nSPS) is 11.3. The zero-order chi connectivity index (χ0) is 20.0. The molecule has 0 spiro atoms. The summed E-state index contributed by atoms with van der Waals surface area (Å²) in [5.74, 6) is 0. The average molecular weight is 390 g/mol. The van der Waals surface area contributed by atoms with Crippen LogP contribution in [0.5, 0.6) is 0 Å². The molecule has 0 unspecified atom stereocenters. The number of aryl methyl sites for hydroxylation is 5. The van der Waals surface area contributed by atoms with Crippen LogP contribution in [0.1, 0.15) is 32.8 Å². The van der Waals surface area contributed by atoms with E-state index >= 15 is 0 Å². The maximum Gasteiger partial charge on any atom is 0.294 e. The lowest BCUT2D eigenvalue weighted by atomic mass is 10.0. The van der Waals surface area contributed by atoms with Crippen molar-refractivity contribution >= 4 is 21.6 Å². The summed E-state index contributed by atoms with van der Waals surface area (Å²) in [5, 5.41) is 5.69. The van der Waals surface area contributed by atoms with Gasteiger partial charge in [0.1, 0.15) is 5.69 Å². The minimum atomic E-state index is -0.131. The Hall–Kier alpha value is -2.79. The standard InChI is InChI=1S/C23H23N3OS/c1-13-7-9-19(16(4)10-13)20-22-21(24-17(5)28-22)23(27)26(25-20)12-18-11-14(2)6-8-15(18)3/h6-11H,12H2,1-5H3. The molecule has 0 aliphatic rings. The quantitative estimate of drug-likeness (QED) is 0.489. The van der Waals surface area contributed by atoms with Crippen molar-refractivity contribution in [2.24, 2.45) is 0 Å². The van der Waals surface area contributed by atoms with E-state index in [4.69, 9.17) is 5.10 Å². The van der Waals surface area contributed by atoms with Gasteiger partial charge in [0.05, 0.1) is 16.3 Å². The molecule has 0 bridgehead atoms. The largest absolute Gasteiger partial charge is 0.294 e. The molecule has 0 saturated heterocycles. The number of hydrogen-bond acceptors (Lipinski definition) is 4. The number of benzene rings is 2. The van der Waals surface area contributed by atoms with Crippen molar-refractivity contribution in [3.8, 4) is 11.3 Å². The predicted octanol–water partition coefficient (Wildman–Crippen LogP) is 5.11. The molecule has 4 rings (SSSR count). The minimum Gasteiger partial charge on any atom is -0.265 e. The molecule has 28 heavy (non-hydrogen) atoms. The third-order valence-electron chi connectivity index (χ3n) is 5.07. The molecule has 4 nitrogen and oxygen atoms in total. The fourth-order valence-corrected chi connectivity index (χ4v) is 4.47. The smallest absolute Gasteiger partial charge is 0.265 e. The molecule has 142 valence electrons. The molecule has 0 amide bonds. The van der Waals surface area contributed by atoms with Crippen LogP contribution in [0, 0.1) is 34.6 Å². The first-order valence-electron chi connectivity index (χ1n) is 9.35. The zero-order valence-electron chi connectivity index (χ0n) is 16.8. The number of fused-ring (bicyclic) bond motifs is 1. The van der Waals surface area contributed by atoms with Crippen LogP contribution in [-0.2, 0) is 6.54 Å². The van der Waals surface area contributed by atoms with Crippen LogP contribution in [0.25, 0.3) is 21.5 Å². The first-order chi connectivity index (χ1) is 13.3. The van der Waals surface area contributed by atoms with Crippen molar-refractivity contribution in [2.75, 3.05) is 0 Å². The average Bonchev–Trinajstić information content (AvgIpc) is 3.03. The lowest BCUT2D eigenvalue weighted by Gasteiger charge is -2.12. The summed E-state index contributed by atoms with van der Waals surface area (Å²) >= 11 is 1.53. The molecule has 0 aliphatic heterocycles. The summed E-state index contributed by atoms with van der Waals surface area (Å²) in [6.45, 7) is 10.7. The summed E-state index contributed by atoms with van der Waals surface area (Å²) in [7, 11) is 0. The topological polar surface area (TPSA) is 47.8 Å². The van der Waals surface area contributed by atoms with Crippen molar-refractivity contribution in [1.82, 2.24) is 14.8 Å². The lowest BCUT2D eigenvalue weighted by molar-refractivity contribution is 0.647. The minimum absolute atomic E-state index is 0.131. The van der Waals surface area contributed by atoms with E-state index in [9.17, 15) is 4.79 Å². The summed E-state index contributed by atoms with van der Waals surface area (Å²) in [6.07, 6.45) is 0. The first-order valence-corrected chi connectivity index (χ1v) is 10.2. The Bertz CT molecular complexity index is 1270. The number of rotatable bonds is 3. The fraction of sp³-hybridized carbons (Fsp3) is 0.261. The third-order valence-corrected chi connectivity index (χ3v) is 6.05. The van der Waals surface area contributed by atoms with Crippen molar-refractivity contribution in [3.63, 3.8) is 0 Å². The van der Waals surface area contributed by atoms with Crippen LogP contribution in [0.15, 0.2) is 41.2 Å². The van der Waals surface area contributed by atoms with Crippen LogP contribution in [0.3, 0.4) is 0 Å². The second-order valence-electron chi connectivity index (χ2n) is 7.47. The molecule has 0 atom stereocenters. The van der Waals surface area contributed by atoms with Crippen molar-refractivity contribution in [3.05, 3.63) is 79.6 Å². The number of nitrogens with zero attached hydrogens (tertiary/aromatic N) is 3. The van der Waals surface area contributed by atoms with Crippen molar-refractivity contribution < 1.29 is 0 Å². The Balaban J connectivity index is 1.96. The van der Waals surface area contributed by atoms with Crippen LogP contribution in [0.2, 0.25) is 0 Å². The first kappa shape index (κ1) is 18.6. The highest BCUT2D eigenvalue weighted by atomic mass is 32.1. The van der Waals surface area contributed by atoms with Gasteiger partial charge in [-0.3, -0.25) is 4.79 Å². The van der Waals surface area contributed by atoms with E-state index in [0.717, 1.165) is 37.7 Å². The maximum absolute atomic E-state index is 13.1. The van der Waals surface area contributed by atoms with E-state index in [-0.39, 0.29) is 5.56 Å². The highest BCUT2D eigenvalue weighted by Crippen LogP contribution is 2.31. The molecule has 0 fully saturated rings. The third kappa shape index (κ3) is 3.27. The van der Waals surface area contributed by atoms with Gasteiger partial charge >= 0.3 is 0 Å². The van der Waals surface area contributed by atoms with Crippen LogP contribution >= 0.6 is 11.3 Å². The van der Waals surface area contributed by atoms with Gasteiger partial charge < -0.3 is 0 Å². The summed E-state index contributed by atoms with van der Waals surface area (Å²) in [6, 6.07) is 12.6. The molecule has 0 aliphatic carbocycles. The summed E-state index contributed by atoms with van der Waals surface area (Å²) in [4.78, 5) is 17.6. The van der Waals surface area contributed by atoms with E-state index < -0.39 is 0 Å². The van der Waals surface area contributed by atoms with Crippen LogP contribution < -0.4 is 5.56 Å². The maximum atomic E-state index is 13.1. The second-order valence-corrected chi connectivity index (χ2v) is 8.67. The highest BCUT2D eigenvalue weighted by molar-refractivity contribution is 7.19. The van der Waals surface area contributed by atoms with Gasteiger partial charge in [-0.15, -0.1) is 11.3 Å². The number of thiazole rings is 1. The Kier molecular flexibility index (Phi) is 4.63. The fourth-order valence-electron chi connectivity index (χ4n) is 3.56. The number of hydrogen-bond donors (Lipinski definition) is 0. The Morgan fingerprint density at radius 3 is 2.39 bits per heavy atom. The van der Waals surface area contributed by atoms with Gasteiger partial charge in [0.2, 0.25) is 0 Å². The Labute approximate surface area is 168 Å². The van der Waals surface area contributed by atoms with Gasteiger partial charge in [0, 0.05) is 5.56 Å². The predicted molar refractivity (Wildman–Crippen MR) is 116 cm³/mol. The van der Waals surface area contributed by atoms with Gasteiger partial charge in [-0.2, -0.15) is 5.10 Å². The van der Waals surface area contributed by atoms with E-state index in [1.165, 1.54) is 22.5 Å². The Morgan fingerprint density at radius 2 is 1.64 bits per heavy atom. The lowest BCUT2D eigenvalue weighted by Crippen LogP contribution is -2.25. The van der Waals surface area contributed by atoms with Gasteiger partial charge in [-0.05, 0) is 51.3 Å². The van der Waals surface area contributed by atoms with Crippen molar-refractivity contribution in [1.29, 1.82) is 0 Å². The van der Waals surface area contributed by atoms with Gasteiger partial charge in [0.15, 0.2) is 5.52 Å². The van der Waals surface area contributed by atoms with Gasteiger partial charge in [-0.25, -0.2) is 9.67 Å². The molecule has 2 heterocycles. The SMILES string of the molecule is Cc1ccc(-c2nn(Cc3cc(C)ccc3C)c(=O)c3nc(C)sc23)c(C)c1. The van der Waals surface area contributed by atoms with Crippen LogP contribution in [0.4, 0.5) is 0 Å². The molecular weight excluding hydrogens is 366 g/mol. The second kappa shape index (κ2) is 6.99.